The third-order valence-corrected chi connectivity index (χ3v) is 1.83. The molecule has 0 saturated heterocycles. The van der Waals surface area contributed by atoms with E-state index in [-0.39, 0.29) is 6.10 Å². The molecule has 78 valence electrons. The molecule has 0 aliphatic carbocycles. The van der Waals surface area contributed by atoms with Crippen molar-refractivity contribution in [2.24, 2.45) is 5.73 Å². The van der Waals surface area contributed by atoms with E-state index >= 15 is 0 Å². The molecule has 0 atom stereocenters. The molecule has 0 spiro atoms. The molecule has 0 aromatic heterocycles. The monoisotopic (exact) mass is 195 g/mol. The third kappa shape index (κ3) is 2.64. The highest BCUT2D eigenvalue weighted by molar-refractivity contribution is 5.42. The van der Waals surface area contributed by atoms with E-state index in [0.717, 1.165) is 17.1 Å². The first-order valence-electron chi connectivity index (χ1n) is 4.71. The van der Waals surface area contributed by atoms with Crippen molar-refractivity contribution in [2.75, 3.05) is 7.11 Å². The van der Waals surface area contributed by atoms with Crippen LogP contribution in [0.1, 0.15) is 19.4 Å². The summed E-state index contributed by atoms with van der Waals surface area (Å²) in [5.74, 6) is 1.50. The number of rotatable bonds is 4. The molecule has 3 nitrogen and oxygen atoms in total. The molecule has 1 aromatic carbocycles. The summed E-state index contributed by atoms with van der Waals surface area (Å²) in [5.41, 5.74) is 6.57. The molecular weight excluding hydrogens is 178 g/mol. The first kappa shape index (κ1) is 10.9. The molecule has 14 heavy (non-hydrogen) atoms. The number of methoxy groups -OCH3 is 1. The molecule has 0 bridgehead atoms. The zero-order valence-electron chi connectivity index (χ0n) is 8.91. The first-order chi connectivity index (χ1) is 6.67. The topological polar surface area (TPSA) is 44.5 Å². The lowest BCUT2D eigenvalue weighted by atomic mass is 10.2. The predicted octanol–water partition coefficient (Wildman–Crippen LogP) is 1.94. The second kappa shape index (κ2) is 4.86. The Morgan fingerprint density at radius 1 is 1.29 bits per heavy atom. The van der Waals surface area contributed by atoms with Crippen LogP contribution >= 0.6 is 0 Å². The van der Waals surface area contributed by atoms with Gasteiger partial charge in [0.2, 0.25) is 0 Å². The maximum Gasteiger partial charge on any atom is 0.161 e. The number of benzene rings is 1. The van der Waals surface area contributed by atoms with Crippen molar-refractivity contribution in [2.45, 2.75) is 26.5 Å². The zero-order valence-corrected chi connectivity index (χ0v) is 8.91. The van der Waals surface area contributed by atoms with Gasteiger partial charge in [-0.3, -0.25) is 0 Å². The van der Waals surface area contributed by atoms with Gasteiger partial charge < -0.3 is 15.2 Å². The van der Waals surface area contributed by atoms with E-state index in [0.29, 0.717) is 6.54 Å². The van der Waals surface area contributed by atoms with Gasteiger partial charge in [0.05, 0.1) is 13.2 Å². The Kier molecular flexibility index (Phi) is 3.77. The molecule has 2 N–H and O–H groups in total. The molecule has 0 aliphatic heterocycles. The molecule has 1 rings (SSSR count). The highest BCUT2D eigenvalue weighted by Crippen LogP contribution is 2.28. The number of hydrogen-bond acceptors (Lipinski definition) is 3. The van der Waals surface area contributed by atoms with E-state index in [1.54, 1.807) is 7.11 Å². The average Bonchev–Trinajstić information content (AvgIpc) is 2.17. The normalized spacial score (nSPS) is 10.4. The van der Waals surface area contributed by atoms with Gasteiger partial charge in [0.15, 0.2) is 11.5 Å². The van der Waals surface area contributed by atoms with Crippen LogP contribution in [0.25, 0.3) is 0 Å². The van der Waals surface area contributed by atoms with E-state index in [9.17, 15) is 0 Å². The first-order valence-corrected chi connectivity index (χ1v) is 4.71. The Bertz CT molecular complexity index is 297. The van der Waals surface area contributed by atoms with Crippen molar-refractivity contribution in [3.63, 3.8) is 0 Å². The highest BCUT2D eigenvalue weighted by atomic mass is 16.5. The molecule has 0 saturated carbocycles. The lowest BCUT2D eigenvalue weighted by molar-refractivity contribution is 0.230. The largest absolute Gasteiger partial charge is 0.493 e. The maximum absolute atomic E-state index is 5.57. The Balaban J connectivity index is 2.93. The number of ether oxygens (including phenoxy) is 2. The van der Waals surface area contributed by atoms with Crippen LogP contribution in [0.3, 0.4) is 0 Å². The molecule has 0 radical (unpaired) electrons. The van der Waals surface area contributed by atoms with Crippen LogP contribution in [-0.2, 0) is 6.54 Å². The maximum atomic E-state index is 5.57. The van der Waals surface area contributed by atoms with E-state index in [1.165, 1.54) is 0 Å². The van der Waals surface area contributed by atoms with Crippen LogP contribution in [0.15, 0.2) is 18.2 Å². The summed E-state index contributed by atoms with van der Waals surface area (Å²) in [5, 5.41) is 0. The van der Waals surface area contributed by atoms with Crippen LogP contribution in [0, 0.1) is 0 Å². The minimum atomic E-state index is 0.146. The number of hydrogen-bond donors (Lipinski definition) is 1. The number of nitrogens with two attached hydrogens (primary N) is 1. The van der Waals surface area contributed by atoms with Crippen molar-refractivity contribution >= 4 is 0 Å². The van der Waals surface area contributed by atoms with Crippen LogP contribution in [0.2, 0.25) is 0 Å². The van der Waals surface area contributed by atoms with E-state index in [4.69, 9.17) is 15.2 Å². The lowest BCUT2D eigenvalue weighted by Crippen LogP contribution is -2.07. The summed E-state index contributed by atoms with van der Waals surface area (Å²) in [6, 6.07) is 5.74. The SMILES string of the molecule is COc1cc(CN)ccc1OC(C)C. The Hall–Kier alpha value is -1.22. The summed E-state index contributed by atoms with van der Waals surface area (Å²) in [4.78, 5) is 0. The van der Waals surface area contributed by atoms with Crippen molar-refractivity contribution in [3.8, 4) is 11.5 Å². The standard InChI is InChI=1S/C11H17NO2/c1-8(2)14-10-5-4-9(7-12)6-11(10)13-3/h4-6,8H,7,12H2,1-3H3. The summed E-state index contributed by atoms with van der Waals surface area (Å²) in [6.07, 6.45) is 0.146. The van der Waals surface area contributed by atoms with E-state index in [2.05, 4.69) is 0 Å². The quantitative estimate of drug-likeness (QED) is 0.798. The van der Waals surface area contributed by atoms with Gasteiger partial charge in [-0.25, -0.2) is 0 Å². The van der Waals surface area contributed by atoms with E-state index < -0.39 is 0 Å². The van der Waals surface area contributed by atoms with Crippen LogP contribution in [0.5, 0.6) is 11.5 Å². The van der Waals surface area contributed by atoms with Gasteiger partial charge in [0, 0.05) is 6.54 Å². The fraction of sp³-hybridized carbons (Fsp3) is 0.455. The van der Waals surface area contributed by atoms with Crippen molar-refractivity contribution in [1.29, 1.82) is 0 Å². The van der Waals surface area contributed by atoms with Crippen molar-refractivity contribution in [1.82, 2.24) is 0 Å². The summed E-state index contributed by atoms with van der Waals surface area (Å²) < 4.78 is 10.8. The van der Waals surface area contributed by atoms with Gasteiger partial charge in [-0.15, -0.1) is 0 Å². The zero-order chi connectivity index (χ0) is 10.6. The van der Waals surface area contributed by atoms with Crippen LogP contribution in [0.4, 0.5) is 0 Å². The van der Waals surface area contributed by atoms with Crippen LogP contribution in [-0.4, -0.2) is 13.2 Å². The molecule has 0 unspecified atom stereocenters. The Labute approximate surface area is 84.8 Å². The summed E-state index contributed by atoms with van der Waals surface area (Å²) >= 11 is 0. The summed E-state index contributed by atoms with van der Waals surface area (Å²) in [7, 11) is 1.63. The lowest BCUT2D eigenvalue weighted by Gasteiger charge is -2.14. The Morgan fingerprint density at radius 3 is 2.50 bits per heavy atom. The van der Waals surface area contributed by atoms with Crippen molar-refractivity contribution in [3.05, 3.63) is 23.8 Å². The van der Waals surface area contributed by atoms with Gasteiger partial charge >= 0.3 is 0 Å². The highest BCUT2D eigenvalue weighted by Gasteiger charge is 2.06. The van der Waals surface area contributed by atoms with Crippen molar-refractivity contribution < 1.29 is 9.47 Å². The fourth-order valence-electron chi connectivity index (χ4n) is 1.19. The van der Waals surface area contributed by atoms with E-state index in [1.807, 2.05) is 32.0 Å². The smallest absolute Gasteiger partial charge is 0.161 e. The predicted molar refractivity (Wildman–Crippen MR) is 56.6 cm³/mol. The molecule has 0 fully saturated rings. The molecule has 0 heterocycles. The fourth-order valence-corrected chi connectivity index (χ4v) is 1.19. The van der Waals surface area contributed by atoms with Gasteiger partial charge in [-0.1, -0.05) is 6.07 Å². The van der Waals surface area contributed by atoms with Gasteiger partial charge in [0.25, 0.3) is 0 Å². The molecule has 1 aromatic rings. The van der Waals surface area contributed by atoms with Crippen LogP contribution < -0.4 is 15.2 Å². The summed E-state index contributed by atoms with van der Waals surface area (Å²) in [6.45, 7) is 4.48. The third-order valence-electron chi connectivity index (χ3n) is 1.83. The van der Waals surface area contributed by atoms with Gasteiger partial charge in [-0.05, 0) is 31.5 Å². The molecule has 3 heteroatoms. The van der Waals surface area contributed by atoms with Gasteiger partial charge in [-0.2, -0.15) is 0 Å². The minimum absolute atomic E-state index is 0.146. The second-order valence-corrected chi connectivity index (χ2v) is 3.36. The second-order valence-electron chi connectivity index (χ2n) is 3.36. The Morgan fingerprint density at radius 2 is 2.00 bits per heavy atom. The van der Waals surface area contributed by atoms with Gasteiger partial charge in [0.1, 0.15) is 0 Å². The molecule has 0 amide bonds. The average molecular weight is 195 g/mol. The molecule has 0 aliphatic rings. The minimum Gasteiger partial charge on any atom is -0.493 e. The molecular formula is C11H17NO2.